The van der Waals surface area contributed by atoms with Crippen LogP contribution in [0.3, 0.4) is 0 Å². The Morgan fingerprint density at radius 3 is 2.72 bits per heavy atom. The Morgan fingerprint density at radius 2 is 2.00 bits per heavy atom. The third-order valence-corrected chi connectivity index (χ3v) is 5.05. The molecule has 0 aliphatic carbocycles. The lowest BCUT2D eigenvalue weighted by atomic mass is 9.88. The fourth-order valence-corrected chi connectivity index (χ4v) is 3.38. The van der Waals surface area contributed by atoms with Crippen LogP contribution in [0.2, 0.25) is 0 Å². The zero-order valence-corrected chi connectivity index (χ0v) is 17.3. The van der Waals surface area contributed by atoms with Gasteiger partial charge in [-0.15, -0.1) is 5.10 Å². The summed E-state index contributed by atoms with van der Waals surface area (Å²) in [5.41, 5.74) is 2.20. The molecule has 1 aliphatic heterocycles. The number of nitrogens with one attached hydrogen (secondary N) is 2. The second-order valence-corrected chi connectivity index (χ2v) is 8.12. The SMILES string of the molecule is Cc1ccc(CNC(=O)c2cn(CCNC(=O)C3CCOC(C)(C)C3)nn2)cc1. The van der Waals surface area contributed by atoms with Crippen LogP contribution in [0.15, 0.2) is 30.5 Å². The van der Waals surface area contributed by atoms with Gasteiger partial charge in [0.2, 0.25) is 5.91 Å². The first-order chi connectivity index (χ1) is 13.8. The molecule has 2 aromatic rings. The maximum atomic E-state index is 12.4. The van der Waals surface area contributed by atoms with Crippen LogP contribution in [0.25, 0.3) is 0 Å². The van der Waals surface area contributed by atoms with E-state index >= 15 is 0 Å². The summed E-state index contributed by atoms with van der Waals surface area (Å²) in [4.78, 5) is 24.6. The van der Waals surface area contributed by atoms with E-state index in [2.05, 4.69) is 20.9 Å². The molecular weight excluding hydrogens is 370 g/mol. The third-order valence-electron chi connectivity index (χ3n) is 5.05. The zero-order valence-electron chi connectivity index (χ0n) is 17.3. The number of ether oxygens (including phenoxy) is 1. The second-order valence-electron chi connectivity index (χ2n) is 8.12. The van der Waals surface area contributed by atoms with Crippen molar-refractivity contribution >= 4 is 11.8 Å². The Morgan fingerprint density at radius 1 is 1.24 bits per heavy atom. The summed E-state index contributed by atoms with van der Waals surface area (Å²) in [5.74, 6) is -0.263. The molecule has 3 rings (SSSR count). The number of amides is 2. The number of hydrogen-bond acceptors (Lipinski definition) is 5. The van der Waals surface area contributed by atoms with Crippen molar-refractivity contribution in [1.29, 1.82) is 0 Å². The van der Waals surface area contributed by atoms with Gasteiger partial charge in [-0.3, -0.25) is 9.59 Å². The summed E-state index contributed by atoms with van der Waals surface area (Å²) in [6.45, 7) is 7.97. The predicted molar refractivity (Wildman–Crippen MR) is 108 cm³/mol. The average molecular weight is 399 g/mol. The van der Waals surface area contributed by atoms with Crippen molar-refractivity contribution in [2.75, 3.05) is 13.2 Å². The number of hydrogen-bond donors (Lipinski definition) is 2. The van der Waals surface area contributed by atoms with Crippen LogP contribution >= 0.6 is 0 Å². The highest BCUT2D eigenvalue weighted by molar-refractivity contribution is 5.91. The Balaban J connectivity index is 1.42. The van der Waals surface area contributed by atoms with E-state index in [0.717, 1.165) is 12.0 Å². The van der Waals surface area contributed by atoms with E-state index in [1.807, 2.05) is 45.0 Å². The molecule has 1 atom stereocenters. The van der Waals surface area contributed by atoms with Crippen LogP contribution < -0.4 is 10.6 Å². The normalized spacial score (nSPS) is 18.2. The zero-order chi connectivity index (χ0) is 20.9. The van der Waals surface area contributed by atoms with Gasteiger partial charge in [-0.05, 0) is 39.2 Å². The Hall–Kier alpha value is -2.74. The molecule has 1 fully saturated rings. The van der Waals surface area contributed by atoms with Crippen molar-refractivity contribution in [2.24, 2.45) is 5.92 Å². The lowest BCUT2D eigenvalue weighted by molar-refractivity contribution is -0.135. The Bertz CT molecular complexity index is 844. The van der Waals surface area contributed by atoms with Gasteiger partial charge in [0, 0.05) is 25.6 Å². The Kier molecular flexibility index (Phi) is 6.64. The molecule has 0 spiro atoms. The molecule has 156 valence electrons. The Labute approximate surface area is 171 Å². The standard InChI is InChI=1S/C21H29N5O3/c1-15-4-6-16(7-5-15)13-23-20(28)18-14-26(25-24-18)10-9-22-19(27)17-8-11-29-21(2,3)12-17/h4-7,14,17H,8-13H2,1-3H3,(H,22,27)(H,23,28). The lowest BCUT2D eigenvalue weighted by Gasteiger charge is -2.34. The van der Waals surface area contributed by atoms with Crippen molar-refractivity contribution in [1.82, 2.24) is 25.6 Å². The van der Waals surface area contributed by atoms with Crippen molar-refractivity contribution in [3.63, 3.8) is 0 Å². The highest BCUT2D eigenvalue weighted by Gasteiger charge is 2.32. The van der Waals surface area contributed by atoms with Crippen molar-refractivity contribution in [3.8, 4) is 0 Å². The third kappa shape index (κ3) is 6.12. The minimum Gasteiger partial charge on any atom is -0.376 e. The number of carbonyl (C=O) groups excluding carboxylic acids is 2. The van der Waals surface area contributed by atoms with Gasteiger partial charge in [-0.25, -0.2) is 4.68 Å². The average Bonchev–Trinajstić information content (AvgIpc) is 3.15. The quantitative estimate of drug-likeness (QED) is 0.740. The molecule has 0 radical (unpaired) electrons. The van der Waals surface area contributed by atoms with Crippen LogP contribution in [0.5, 0.6) is 0 Å². The minimum absolute atomic E-state index is 0.0300. The van der Waals surface area contributed by atoms with Gasteiger partial charge in [0.15, 0.2) is 5.69 Å². The molecule has 8 nitrogen and oxygen atoms in total. The summed E-state index contributed by atoms with van der Waals surface area (Å²) in [6.07, 6.45) is 3.05. The van der Waals surface area contributed by atoms with E-state index < -0.39 is 0 Å². The number of rotatable bonds is 7. The van der Waals surface area contributed by atoms with Crippen LogP contribution in [0.4, 0.5) is 0 Å². The summed E-state index contributed by atoms with van der Waals surface area (Å²) >= 11 is 0. The number of benzene rings is 1. The highest BCUT2D eigenvalue weighted by Crippen LogP contribution is 2.28. The molecule has 1 aliphatic rings. The molecule has 2 heterocycles. The first-order valence-corrected chi connectivity index (χ1v) is 9.98. The van der Waals surface area contributed by atoms with Crippen LogP contribution in [-0.2, 0) is 22.6 Å². The summed E-state index contributed by atoms with van der Waals surface area (Å²) < 4.78 is 7.22. The van der Waals surface area contributed by atoms with Gasteiger partial charge in [0.1, 0.15) is 0 Å². The van der Waals surface area contributed by atoms with E-state index in [9.17, 15) is 9.59 Å². The highest BCUT2D eigenvalue weighted by atomic mass is 16.5. The number of aryl methyl sites for hydroxylation is 1. The van der Waals surface area contributed by atoms with E-state index in [4.69, 9.17) is 4.74 Å². The van der Waals surface area contributed by atoms with Gasteiger partial charge in [-0.2, -0.15) is 0 Å². The van der Waals surface area contributed by atoms with Crippen molar-refractivity contribution in [3.05, 3.63) is 47.3 Å². The van der Waals surface area contributed by atoms with Crippen LogP contribution in [0.1, 0.15) is 48.3 Å². The van der Waals surface area contributed by atoms with Crippen LogP contribution in [-0.4, -0.2) is 45.6 Å². The van der Waals surface area contributed by atoms with Crippen molar-refractivity contribution < 1.29 is 14.3 Å². The smallest absolute Gasteiger partial charge is 0.273 e. The molecule has 29 heavy (non-hydrogen) atoms. The molecule has 2 amide bonds. The lowest BCUT2D eigenvalue weighted by Crippen LogP contribution is -2.42. The molecular formula is C21H29N5O3. The fraction of sp³-hybridized carbons (Fsp3) is 0.524. The fourth-order valence-electron chi connectivity index (χ4n) is 3.38. The molecule has 1 unspecified atom stereocenters. The molecule has 1 aromatic heterocycles. The largest absolute Gasteiger partial charge is 0.376 e. The van der Waals surface area contributed by atoms with Crippen LogP contribution in [0, 0.1) is 12.8 Å². The minimum atomic E-state index is -0.273. The van der Waals surface area contributed by atoms with Gasteiger partial charge < -0.3 is 15.4 Å². The molecule has 0 bridgehead atoms. The second kappa shape index (κ2) is 9.17. The van der Waals surface area contributed by atoms with E-state index in [0.29, 0.717) is 32.7 Å². The summed E-state index contributed by atoms with van der Waals surface area (Å²) in [5, 5.41) is 13.7. The molecule has 1 aromatic carbocycles. The van der Waals surface area contributed by atoms with E-state index in [1.54, 1.807) is 10.9 Å². The number of aromatic nitrogens is 3. The maximum absolute atomic E-state index is 12.4. The number of nitrogens with zero attached hydrogens (tertiary/aromatic N) is 3. The topological polar surface area (TPSA) is 98.1 Å². The van der Waals surface area contributed by atoms with Gasteiger partial charge in [-0.1, -0.05) is 35.0 Å². The molecule has 1 saturated heterocycles. The molecule has 8 heteroatoms. The van der Waals surface area contributed by atoms with E-state index in [-0.39, 0.29) is 29.0 Å². The van der Waals surface area contributed by atoms with Crippen molar-refractivity contribution in [2.45, 2.75) is 52.3 Å². The summed E-state index contributed by atoms with van der Waals surface area (Å²) in [7, 11) is 0. The summed E-state index contributed by atoms with van der Waals surface area (Å²) in [6, 6.07) is 7.98. The molecule has 2 N–H and O–H groups in total. The first-order valence-electron chi connectivity index (χ1n) is 9.98. The molecule has 0 saturated carbocycles. The van der Waals surface area contributed by atoms with Gasteiger partial charge >= 0.3 is 0 Å². The van der Waals surface area contributed by atoms with Gasteiger partial charge in [0.25, 0.3) is 5.91 Å². The van der Waals surface area contributed by atoms with E-state index in [1.165, 1.54) is 5.56 Å². The number of carbonyl (C=O) groups is 2. The first kappa shape index (κ1) is 21.0. The maximum Gasteiger partial charge on any atom is 0.273 e. The van der Waals surface area contributed by atoms with Gasteiger partial charge in [0.05, 0.1) is 18.3 Å². The predicted octanol–water partition coefficient (Wildman–Crippen LogP) is 1.84. The monoisotopic (exact) mass is 399 g/mol.